The predicted octanol–water partition coefficient (Wildman–Crippen LogP) is -2.66. The van der Waals surface area contributed by atoms with Crippen molar-refractivity contribution in [1.82, 2.24) is 0 Å². The van der Waals surface area contributed by atoms with Crippen LogP contribution in [0.1, 0.15) is 1.43 Å². The van der Waals surface area contributed by atoms with E-state index in [1.807, 2.05) is 0 Å². The van der Waals surface area contributed by atoms with Gasteiger partial charge in [0.05, 0.1) is 0 Å². The number of hydrogen-bond acceptors (Lipinski definition) is 0. The van der Waals surface area contributed by atoms with Gasteiger partial charge in [0.25, 0.3) is 0 Å². The summed E-state index contributed by atoms with van der Waals surface area (Å²) >= 11 is 0. The van der Waals surface area contributed by atoms with E-state index in [0.29, 0.717) is 0 Å². The summed E-state index contributed by atoms with van der Waals surface area (Å²) in [7, 11) is 0. The minimum absolute atomic E-state index is 0. The molecule has 0 amide bonds. The van der Waals surface area contributed by atoms with E-state index in [1.54, 1.807) is 0 Å². The second-order valence-electron chi connectivity index (χ2n) is 0. The van der Waals surface area contributed by atoms with Crippen LogP contribution in [0.2, 0.25) is 0 Å². The fraction of sp³-hybridized carbons (Fsp3) is 0. The summed E-state index contributed by atoms with van der Waals surface area (Å²) in [5.41, 5.74) is 0. The minimum atomic E-state index is 0. The van der Waals surface area contributed by atoms with Crippen LogP contribution < -0.4 is 18.9 Å². The molecule has 0 fully saturated rings. The van der Waals surface area contributed by atoms with Crippen LogP contribution in [-0.2, 0) is 21.1 Å². The summed E-state index contributed by atoms with van der Waals surface area (Å²) in [5.74, 6) is 0. The normalized spacial score (nSPS) is 0. The second-order valence-corrected chi connectivity index (χ2v) is 0. The fourth-order valence-corrected chi connectivity index (χ4v) is 0. The quantitative estimate of drug-likeness (QED) is 0.350. The van der Waals surface area contributed by atoms with Gasteiger partial charge in [-0.25, -0.2) is 0 Å². The zero-order valence-electron chi connectivity index (χ0n) is 3.41. The Kier molecular flexibility index (Phi) is 189. The first-order valence-electron chi connectivity index (χ1n) is 0. The van der Waals surface area contributed by atoms with Crippen LogP contribution in [0.3, 0.4) is 0 Å². The van der Waals surface area contributed by atoms with Crippen molar-refractivity contribution in [2.75, 3.05) is 0 Å². The summed E-state index contributed by atoms with van der Waals surface area (Å²) in [4.78, 5) is 0. The average Bonchev–Trinajstić information content (AvgIpc) is 0. The number of rotatable bonds is 0. The smallest absolute Gasteiger partial charge is 1.00 e. The van der Waals surface area contributed by atoms with Gasteiger partial charge >= 0.3 is 18.9 Å². The van der Waals surface area contributed by atoms with E-state index in [0.717, 1.165) is 0 Å². The Morgan fingerprint density at radius 2 is 1.00 bits per heavy atom. The topological polar surface area (TPSA) is 0 Å². The molecular formula is H5LiMoS2. The monoisotopic (exact) mass is 174 g/mol. The molecule has 0 bridgehead atoms. The molecule has 0 aliphatic rings. The maximum Gasteiger partial charge on any atom is 1.00 e. The van der Waals surface area contributed by atoms with Crippen molar-refractivity contribution < 1.29 is 41.4 Å². The molecule has 0 aliphatic carbocycles. The van der Waals surface area contributed by atoms with Gasteiger partial charge in [-0.05, 0) is 0 Å². The third-order valence-electron chi connectivity index (χ3n) is 0. The molecule has 0 nitrogen and oxygen atoms in total. The zero-order chi connectivity index (χ0) is 0. The summed E-state index contributed by atoms with van der Waals surface area (Å²) in [6.45, 7) is 0. The predicted molar refractivity (Wildman–Crippen MR) is 21.9 cm³/mol. The Balaban J connectivity index is 0. The van der Waals surface area contributed by atoms with Crippen LogP contribution in [0.25, 0.3) is 0 Å². The first kappa shape index (κ1) is 37.7. The molecule has 0 saturated heterocycles. The van der Waals surface area contributed by atoms with E-state index >= 15 is 0 Å². The first-order valence-corrected chi connectivity index (χ1v) is 0. The first-order chi connectivity index (χ1) is 0. The van der Waals surface area contributed by atoms with Gasteiger partial charge in [-0.3, -0.25) is 0 Å². The van der Waals surface area contributed by atoms with Crippen molar-refractivity contribution in [2.24, 2.45) is 0 Å². The molecule has 0 aliphatic heterocycles. The second kappa shape index (κ2) is 20.1. The maximum atomic E-state index is 0. The van der Waals surface area contributed by atoms with Crippen molar-refractivity contribution in [2.45, 2.75) is 0 Å². The molecular weight excluding hydrogens is 167 g/mol. The largest absolute Gasteiger partial charge is 1.00 e. The Morgan fingerprint density at radius 3 is 1.00 bits per heavy atom. The Bertz CT molecular complexity index is 9.61. The molecule has 4 heteroatoms. The molecule has 0 heterocycles. The van der Waals surface area contributed by atoms with Crippen LogP contribution in [0.15, 0.2) is 0 Å². The van der Waals surface area contributed by atoms with E-state index in [-0.39, 0.29) is 68.3 Å². The maximum absolute atomic E-state index is 0. The minimum Gasteiger partial charge on any atom is -1.00 e. The van der Waals surface area contributed by atoms with Crippen molar-refractivity contribution in [3.05, 3.63) is 0 Å². The molecule has 0 N–H and O–H groups in total. The van der Waals surface area contributed by atoms with Crippen LogP contribution in [0.4, 0.5) is 0 Å². The van der Waals surface area contributed by atoms with Gasteiger partial charge in [-0.15, -0.1) is 0 Å². The summed E-state index contributed by atoms with van der Waals surface area (Å²) in [5, 5.41) is 0. The van der Waals surface area contributed by atoms with Gasteiger partial charge in [-0.1, -0.05) is 0 Å². The SMILES string of the molecule is S.S.[H-].[Li+].[Mo]. The molecule has 24 valence electrons. The van der Waals surface area contributed by atoms with Gasteiger partial charge in [0.2, 0.25) is 0 Å². The standard InChI is InChI=1S/Li.Mo.2H2S.H/h;;2*1H2;/q+1;;;;-1. The molecule has 4 heavy (non-hydrogen) atoms. The zero-order valence-corrected chi connectivity index (χ0v) is 6.42. The molecule has 0 aromatic rings. The molecule has 0 spiro atoms. The summed E-state index contributed by atoms with van der Waals surface area (Å²) < 4.78 is 0. The molecule has 0 radical (unpaired) electrons. The Labute approximate surface area is 67.9 Å². The summed E-state index contributed by atoms with van der Waals surface area (Å²) in [6.07, 6.45) is 0. The van der Waals surface area contributed by atoms with E-state index in [9.17, 15) is 0 Å². The number of hydrogen-bond donors (Lipinski definition) is 0. The molecule has 0 aromatic carbocycles. The van der Waals surface area contributed by atoms with Crippen molar-refractivity contribution in [3.8, 4) is 0 Å². The van der Waals surface area contributed by atoms with Crippen LogP contribution in [0, 0.1) is 0 Å². The molecule has 0 aromatic heterocycles. The third kappa shape index (κ3) is 9.01. The molecule has 0 saturated carbocycles. The van der Waals surface area contributed by atoms with Crippen LogP contribution in [0.5, 0.6) is 0 Å². The third-order valence-corrected chi connectivity index (χ3v) is 0. The van der Waals surface area contributed by atoms with E-state index in [1.165, 1.54) is 0 Å². The van der Waals surface area contributed by atoms with Gasteiger partial charge in [-0.2, -0.15) is 27.0 Å². The van der Waals surface area contributed by atoms with Gasteiger partial charge in [0.15, 0.2) is 0 Å². The van der Waals surface area contributed by atoms with E-state index < -0.39 is 0 Å². The van der Waals surface area contributed by atoms with Crippen molar-refractivity contribution >= 4 is 27.0 Å². The van der Waals surface area contributed by atoms with E-state index in [4.69, 9.17) is 0 Å². The van der Waals surface area contributed by atoms with Crippen LogP contribution in [-0.4, -0.2) is 0 Å². The van der Waals surface area contributed by atoms with Crippen molar-refractivity contribution in [1.29, 1.82) is 0 Å². The Morgan fingerprint density at radius 1 is 1.00 bits per heavy atom. The average molecular weight is 172 g/mol. The van der Waals surface area contributed by atoms with Gasteiger partial charge in [0.1, 0.15) is 0 Å². The van der Waals surface area contributed by atoms with Crippen LogP contribution >= 0.6 is 27.0 Å². The fourth-order valence-electron chi connectivity index (χ4n) is 0. The van der Waals surface area contributed by atoms with Gasteiger partial charge in [0, 0.05) is 21.1 Å². The summed E-state index contributed by atoms with van der Waals surface area (Å²) in [6, 6.07) is 0. The molecule has 0 atom stereocenters. The Hall–Kier alpha value is 1.99. The van der Waals surface area contributed by atoms with Crippen molar-refractivity contribution in [3.63, 3.8) is 0 Å². The van der Waals surface area contributed by atoms with E-state index in [2.05, 4.69) is 0 Å². The molecule has 0 rings (SSSR count). The van der Waals surface area contributed by atoms with Gasteiger partial charge < -0.3 is 1.43 Å². The molecule has 0 unspecified atom stereocenters.